The Morgan fingerprint density at radius 3 is 2.53 bits per heavy atom. The Hall–Kier alpha value is -1.21. The number of hydrogen-bond donors (Lipinski definition) is 0. The van der Waals surface area contributed by atoms with E-state index in [0.29, 0.717) is 0 Å². The first-order chi connectivity index (χ1) is 6.81. The fourth-order valence-corrected chi connectivity index (χ4v) is 2.00. The molecule has 0 bridgehead atoms. The highest BCUT2D eigenvalue weighted by atomic mass is 35.5. The lowest BCUT2D eigenvalue weighted by Crippen LogP contribution is -2.01. The summed E-state index contributed by atoms with van der Waals surface area (Å²) in [6.07, 6.45) is 0. The Balaban J connectivity index is 3.32. The maximum absolute atomic E-state index is 12.4. The van der Waals surface area contributed by atoms with Crippen molar-refractivity contribution in [2.24, 2.45) is 0 Å². The van der Waals surface area contributed by atoms with E-state index in [0.717, 1.165) is 6.07 Å². The molecule has 0 heterocycles. The highest BCUT2D eigenvalue weighted by molar-refractivity contribution is 7.85. The zero-order valence-corrected chi connectivity index (χ0v) is 8.76. The van der Waals surface area contributed by atoms with Crippen LogP contribution in [0.2, 0.25) is 5.02 Å². The maximum Gasteiger partial charge on any atom is 0.306 e. The molecule has 0 N–H and O–H groups in total. The summed E-state index contributed by atoms with van der Waals surface area (Å²) >= 11 is 5.54. The first kappa shape index (κ1) is 11.9. The topological polar surface area (TPSA) is 77.3 Å². The average Bonchev–Trinajstić information content (AvgIpc) is 2.05. The molecule has 0 radical (unpaired) electrons. The molecule has 0 aromatic heterocycles. The van der Waals surface area contributed by atoms with E-state index in [4.69, 9.17) is 11.6 Å². The maximum atomic E-state index is 12.4. The Kier molecular flexibility index (Phi) is 3.25. The molecular weight excluding hydrogens is 249 g/mol. The number of hydrogen-bond acceptors (Lipinski definition) is 4. The molecule has 8 heteroatoms. The molecule has 0 amide bonds. The first-order valence-electron chi connectivity index (χ1n) is 3.65. The Labute approximate surface area is 89.8 Å². The number of rotatable bonds is 3. The van der Waals surface area contributed by atoms with E-state index < -0.39 is 26.6 Å². The molecule has 0 fully saturated rings. The van der Waals surface area contributed by atoms with E-state index in [-0.39, 0.29) is 10.6 Å². The van der Waals surface area contributed by atoms with Gasteiger partial charge in [-0.2, -0.15) is 8.42 Å². The first-order valence-corrected chi connectivity index (χ1v) is 5.58. The van der Waals surface area contributed by atoms with Gasteiger partial charge in [-0.05, 0) is 6.07 Å². The molecule has 0 spiro atoms. The van der Waals surface area contributed by atoms with Crippen LogP contribution in [0.4, 0.5) is 9.57 Å². The van der Waals surface area contributed by atoms with Gasteiger partial charge in [0.25, 0.3) is 5.69 Å². The van der Waals surface area contributed by atoms with Gasteiger partial charge >= 0.3 is 10.2 Å². The summed E-state index contributed by atoms with van der Waals surface area (Å²) in [4.78, 5) is 9.68. The molecule has 0 unspecified atom stereocenters. The van der Waals surface area contributed by atoms with Crippen molar-refractivity contribution in [1.29, 1.82) is 0 Å². The van der Waals surface area contributed by atoms with E-state index >= 15 is 0 Å². The lowest BCUT2D eigenvalue weighted by atomic mass is 10.2. The number of halogens is 2. The van der Waals surface area contributed by atoms with Gasteiger partial charge in [0.2, 0.25) is 0 Å². The summed E-state index contributed by atoms with van der Waals surface area (Å²) in [7, 11) is -4.84. The van der Waals surface area contributed by atoms with Crippen molar-refractivity contribution in [3.63, 3.8) is 0 Å². The number of nitro benzene ring substituents is 1. The Morgan fingerprint density at radius 2 is 2.07 bits per heavy atom. The van der Waals surface area contributed by atoms with Gasteiger partial charge < -0.3 is 0 Å². The molecule has 0 atom stereocenters. The summed E-state index contributed by atoms with van der Waals surface area (Å²) in [5.74, 6) is -1.09. The van der Waals surface area contributed by atoms with E-state index in [2.05, 4.69) is 0 Å². The lowest BCUT2D eigenvalue weighted by molar-refractivity contribution is -0.385. The van der Waals surface area contributed by atoms with Crippen LogP contribution in [0.3, 0.4) is 0 Å². The molecule has 0 aliphatic carbocycles. The third-order valence-electron chi connectivity index (χ3n) is 1.61. The second-order valence-corrected chi connectivity index (χ2v) is 4.45. The molecule has 15 heavy (non-hydrogen) atoms. The van der Waals surface area contributed by atoms with Gasteiger partial charge in [0, 0.05) is 6.07 Å². The third kappa shape index (κ3) is 3.14. The molecule has 0 saturated heterocycles. The van der Waals surface area contributed by atoms with Crippen LogP contribution in [-0.2, 0) is 16.0 Å². The van der Waals surface area contributed by atoms with Gasteiger partial charge in [0.1, 0.15) is 5.75 Å². The van der Waals surface area contributed by atoms with Gasteiger partial charge in [-0.25, -0.2) is 0 Å². The quantitative estimate of drug-likeness (QED) is 0.469. The molecule has 1 rings (SSSR count). The molecule has 0 aliphatic heterocycles. The minimum Gasteiger partial charge on any atom is -0.258 e. The van der Waals surface area contributed by atoms with Crippen molar-refractivity contribution >= 4 is 27.5 Å². The Bertz CT molecular complexity index is 502. The van der Waals surface area contributed by atoms with Crippen molar-refractivity contribution < 1.29 is 17.2 Å². The van der Waals surface area contributed by atoms with Crippen LogP contribution in [0.15, 0.2) is 18.2 Å². The van der Waals surface area contributed by atoms with E-state index in [1.54, 1.807) is 0 Å². The summed E-state index contributed by atoms with van der Waals surface area (Å²) in [5.41, 5.74) is -0.851. The molecule has 5 nitrogen and oxygen atoms in total. The standard InChI is InChI=1S/C7H5ClFNO4S/c8-6-2-1-3-7(10(11)12)5(6)4-15(9,13)14/h1-3H,4H2. The zero-order chi connectivity index (χ0) is 11.6. The highest BCUT2D eigenvalue weighted by Gasteiger charge is 2.22. The van der Waals surface area contributed by atoms with Crippen molar-refractivity contribution in [3.8, 4) is 0 Å². The van der Waals surface area contributed by atoms with E-state index in [1.165, 1.54) is 12.1 Å². The van der Waals surface area contributed by atoms with Gasteiger partial charge in [-0.15, -0.1) is 3.89 Å². The predicted molar refractivity (Wildman–Crippen MR) is 51.8 cm³/mol. The summed E-state index contributed by atoms with van der Waals surface area (Å²) < 4.78 is 33.1. The summed E-state index contributed by atoms with van der Waals surface area (Å²) in [6, 6.07) is 3.61. The smallest absolute Gasteiger partial charge is 0.258 e. The Morgan fingerprint density at radius 1 is 1.47 bits per heavy atom. The van der Waals surface area contributed by atoms with Gasteiger partial charge in [0.15, 0.2) is 0 Å². The van der Waals surface area contributed by atoms with Crippen molar-refractivity contribution in [1.82, 2.24) is 0 Å². The predicted octanol–water partition coefficient (Wildman–Crippen LogP) is 2.05. The van der Waals surface area contributed by atoms with Crippen LogP contribution >= 0.6 is 11.6 Å². The lowest BCUT2D eigenvalue weighted by Gasteiger charge is -2.01. The fraction of sp³-hybridized carbons (Fsp3) is 0.143. The SMILES string of the molecule is O=[N+]([O-])c1cccc(Cl)c1CS(=O)(=O)F. The molecular formula is C7H5ClFNO4S. The second kappa shape index (κ2) is 4.11. The third-order valence-corrected chi connectivity index (χ3v) is 2.60. The molecule has 0 aliphatic rings. The zero-order valence-electron chi connectivity index (χ0n) is 7.18. The normalized spacial score (nSPS) is 11.3. The van der Waals surface area contributed by atoms with Crippen LogP contribution < -0.4 is 0 Å². The largest absolute Gasteiger partial charge is 0.306 e. The van der Waals surface area contributed by atoms with Crippen molar-refractivity contribution in [2.45, 2.75) is 5.75 Å². The molecule has 0 saturated carbocycles. The average molecular weight is 254 g/mol. The van der Waals surface area contributed by atoms with Crippen LogP contribution in [0.1, 0.15) is 5.56 Å². The highest BCUT2D eigenvalue weighted by Crippen LogP contribution is 2.28. The molecule has 1 aromatic carbocycles. The molecule has 1 aromatic rings. The van der Waals surface area contributed by atoms with Crippen molar-refractivity contribution in [3.05, 3.63) is 38.9 Å². The summed E-state index contributed by atoms with van der Waals surface area (Å²) in [5, 5.41) is 10.3. The van der Waals surface area contributed by atoms with E-state index in [9.17, 15) is 22.4 Å². The van der Waals surface area contributed by atoms with Crippen LogP contribution in [-0.4, -0.2) is 13.3 Å². The number of nitro groups is 1. The minimum absolute atomic E-state index is 0.148. The van der Waals surface area contributed by atoms with Gasteiger partial charge in [-0.1, -0.05) is 17.7 Å². The van der Waals surface area contributed by atoms with Crippen LogP contribution in [0.5, 0.6) is 0 Å². The monoisotopic (exact) mass is 253 g/mol. The summed E-state index contributed by atoms with van der Waals surface area (Å²) in [6.45, 7) is 0. The molecule has 82 valence electrons. The number of benzene rings is 1. The minimum atomic E-state index is -4.84. The number of nitrogens with zero attached hydrogens (tertiary/aromatic N) is 1. The van der Waals surface area contributed by atoms with Crippen LogP contribution in [0.25, 0.3) is 0 Å². The van der Waals surface area contributed by atoms with Crippen molar-refractivity contribution in [2.75, 3.05) is 0 Å². The van der Waals surface area contributed by atoms with Crippen LogP contribution in [0, 0.1) is 10.1 Å². The van der Waals surface area contributed by atoms with E-state index in [1.807, 2.05) is 0 Å². The fourth-order valence-electron chi connectivity index (χ4n) is 1.03. The second-order valence-electron chi connectivity index (χ2n) is 2.68. The van der Waals surface area contributed by atoms with Gasteiger partial charge in [-0.3, -0.25) is 10.1 Å². The van der Waals surface area contributed by atoms with Gasteiger partial charge in [0.05, 0.1) is 15.5 Å².